The van der Waals surface area contributed by atoms with Gasteiger partial charge >= 0.3 is 0 Å². The number of hydrogen-bond donors (Lipinski definition) is 0. The van der Waals surface area contributed by atoms with Crippen molar-refractivity contribution in [3.05, 3.63) is 35.9 Å². The van der Waals surface area contributed by atoms with Gasteiger partial charge in [0.25, 0.3) is 0 Å². The van der Waals surface area contributed by atoms with Crippen LogP contribution in [0.25, 0.3) is 0 Å². The maximum absolute atomic E-state index is 3.14. The van der Waals surface area contributed by atoms with E-state index in [2.05, 4.69) is 19.1 Å². The van der Waals surface area contributed by atoms with Crippen LogP contribution in [0.3, 0.4) is 0 Å². The van der Waals surface area contributed by atoms with Crippen molar-refractivity contribution in [2.24, 2.45) is 0 Å². The molecule has 0 amide bonds. The summed E-state index contributed by atoms with van der Waals surface area (Å²) >= 11 is 0. The molecule has 9 heavy (non-hydrogen) atoms. The van der Waals surface area contributed by atoms with Gasteiger partial charge in [0.15, 0.2) is 0 Å². The van der Waals surface area contributed by atoms with Crippen molar-refractivity contribution in [1.29, 1.82) is 0 Å². The first-order chi connectivity index (χ1) is 4.43. The molecule has 0 heteroatoms. The van der Waals surface area contributed by atoms with Crippen LogP contribution in [0.2, 0.25) is 0 Å². The van der Waals surface area contributed by atoms with E-state index in [1.807, 2.05) is 18.2 Å². The molecular weight excluding hydrogens is 108 g/mol. The van der Waals surface area contributed by atoms with Crippen LogP contribution in [0, 0.1) is 12.1 Å². The Labute approximate surface area is 56.5 Å². The summed E-state index contributed by atoms with van der Waals surface area (Å²) in [5.74, 6) is 0. The smallest absolute Gasteiger partial charge is 0.0149 e. The fraction of sp³-hybridized carbons (Fsp3) is 0.333. The van der Waals surface area contributed by atoms with Gasteiger partial charge in [-0.3, -0.25) is 0 Å². The lowest BCUT2D eigenvalue weighted by atomic mass is 10.1. The van der Waals surface area contributed by atoms with E-state index in [0.717, 1.165) is 6.42 Å². The number of aryl methyl sites for hydroxylation is 1. The van der Waals surface area contributed by atoms with E-state index >= 15 is 0 Å². The number of benzene rings is 1. The molecule has 0 fully saturated rings. The van der Waals surface area contributed by atoms with Gasteiger partial charge < -0.3 is 0 Å². The Balaban J connectivity index is 2.61. The number of rotatable bonds is 2. The highest BCUT2D eigenvalue weighted by Crippen LogP contribution is 1.99. The summed E-state index contributed by atoms with van der Waals surface area (Å²) in [5, 5.41) is 0. The Morgan fingerprint density at radius 3 is 2.89 bits per heavy atom. The predicted molar refractivity (Wildman–Crippen MR) is 38.1 cm³/mol. The first-order valence-electron chi connectivity index (χ1n) is 3.30. The molecule has 1 aromatic rings. The van der Waals surface area contributed by atoms with Gasteiger partial charge in [-0.2, -0.15) is 0 Å². The SMILES string of the molecule is CCCc1[c]cc[c]c1. The van der Waals surface area contributed by atoms with Gasteiger partial charge in [-0.05, 0) is 24.1 Å². The molecule has 0 aliphatic carbocycles. The summed E-state index contributed by atoms with van der Waals surface area (Å²) < 4.78 is 0. The molecule has 0 bridgehead atoms. The number of hydrogen-bond acceptors (Lipinski definition) is 0. The summed E-state index contributed by atoms with van der Waals surface area (Å²) in [7, 11) is 0. The van der Waals surface area contributed by atoms with Crippen molar-refractivity contribution < 1.29 is 0 Å². The van der Waals surface area contributed by atoms with Gasteiger partial charge in [0.05, 0.1) is 0 Å². The highest BCUT2D eigenvalue weighted by molar-refractivity contribution is 5.11. The van der Waals surface area contributed by atoms with Gasteiger partial charge in [0.2, 0.25) is 0 Å². The van der Waals surface area contributed by atoms with Crippen LogP contribution in [0.4, 0.5) is 0 Å². The molecule has 0 aliphatic rings. The van der Waals surface area contributed by atoms with Crippen molar-refractivity contribution in [1.82, 2.24) is 0 Å². The third-order valence-corrected chi connectivity index (χ3v) is 1.23. The van der Waals surface area contributed by atoms with Crippen LogP contribution in [-0.2, 0) is 6.42 Å². The Morgan fingerprint density at radius 1 is 1.44 bits per heavy atom. The Kier molecular flexibility index (Phi) is 2.32. The molecule has 0 N–H and O–H groups in total. The molecule has 0 saturated carbocycles. The lowest BCUT2D eigenvalue weighted by Gasteiger charge is -1.92. The first kappa shape index (κ1) is 6.34. The fourth-order valence-electron chi connectivity index (χ4n) is 0.801. The monoisotopic (exact) mass is 118 g/mol. The second-order valence-electron chi connectivity index (χ2n) is 2.06. The third-order valence-electron chi connectivity index (χ3n) is 1.23. The van der Waals surface area contributed by atoms with E-state index in [1.165, 1.54) is 12.0 Å². The van der Waals surface area contributed by atoms with E-state index in [9.17, 15) is 0 Å². The third kappa shape index (κ3) is 1.88. The summed E-state index contributed by atoms with van der Waals surface area (Å²) in [6.07, 6.45) is 2.31. The van der Waals surface area contributed by atoms with Gasteiger partial charge in [0, 0.05) is 0 Å². The molecule has 1 rings (SSSR count). The molecule has 0 heterocycles. The molecule has 46 valence electrons. The maximum atomic E-state index is 3.14. The van der Waals surface area contributed by atoms with Crippen molar-refractivity contribution in [3.8, 4) is 0 Å². The second-order valence-corrected chi connectivity index (χ2v) is 2.06. The van der Waals surface area contributed by atoms with Crippen LogP contribution in [0.1, 0.15) is 18.9 Å². The fourth-order valence-corrected chi connectivity index (χ4v) is 0.801. The van der Waals surface area contributed by atoms with Crippen molar-refractivity contribution in [2.75, 3.05) is 0 Å². The first-order valence-corrected chi connectivity index (χ1v) is 3.30. The van der Waals surface area contributed by atoms with E-state index in [0.29, 0.717) is 0 Å². The molecule has 0 atom stereocenters. The molecule has 0 unspecified atom stereocenters. The zero-order valence-corrected chi connectivity index (χ0v) is 5.65. The van der Waals surface area contributed by atoms with E-state index in [4.69, 9.17) is 0 Å². The van der Waals surface area contributed by atoms with Crippen LogP contribution in [-0.4, -0.2) is 0 Å². The normalized spacial score (nSPS) is 9.44. The van der Waals surface area contributed by atoms with Crippen LogP contribution >= 0.6 is 0 Å². The predicted octanol–water partition coefficient (Wildman–Crippen LogP) is 2.24. The molecule has 0 aromatic heterocycles. The van der Waals surface area contributed by atoms with Crippen LogP contribution < -0.4 is 0 Å². The molecule has 2 radical (unpaired) electrons. The Morgan fingerprint density at radius 2 is 2.33 bits per heavy atom. The van der Waals surface area contributed by atoms with Gasteiger partial charge in [-0.1, -0.05) is 31.5 Å². The van der Waals surface area contributed by atoms with E-state index in [-0.39, 0.29) is 0 Å². The quantitative estimate of drug-likeness (QED) is 0.558. The lowest BCUT2D eigenvalue weighted by molar-refractivity contribution is 0.920. The maximum Gasteiger partial charge on any atom is -0.0149 e. The largest absolute Gasteiger partial charge is 0.0651 e. The summed E-state index contributed by atoms with van der Waals surface area (Å²) in [6, 6.07) is 11.9. The average molecular weight is 118 g/mol. The summed E-state index contributed by atoms with van der Waals surface area (Å²) in [4.78, 5) is 0. The minimum Gasteiger partial charge on any atom is -0.0651 e. The summed E-state index contributed by atoms with van der Waals surface area (Å²) in [5.41, 5.74) is 1.26. The average Bonchev–Trinajstić information content (AvgIpc) is 1.91. The Bertz CT molecular complexity index is 153. The van der Waals surface area contributed by atoms with E-state index in [1.54, 1.807) is 0 Å². The van der Waals surface area contributed by atoms with Crippen molar-refractivity contribution in [3.63, 3.8) is 0 Å². The van der Waals surface area contributed by atoms with Crippen LogP contribution in [0.15, 0.2) is 18.2 Å². The minimum atomic E-state index is 1.12. The lowest BCUT2D eigenvalue weighted by Crippen LogP contribution is -1.79. The minimum absolute atomic E-state index is 1.12. The zero-order valence-electron chi connectivity index (χ0n) is 5.65. The standard InChI is InChI=1S/C9H10/c1-2-6-9-7-4-3-5-8-9/h3-4,8H,2,6H2,1H3. The van der Waals surface area contributed by atoms with Gasteiger partial charge in [-0.25, -0.2) is 0 Å². The molecular formula is C9H10. The van der Waals surface area contributed by atoms with E-state index < -0.39 is 0 Å². The second kappa shape index (κ2) is 3.29. The van der Waals surface area contributed by atoms with Gasteiger partial charge in [-0.15, -0.1) is 0 Å². The molecule has 0 spiro atoms. The van der Waals surface area contributed by atoms with Crippen molar-refractivity contribution in [2.45, 2.75) is 19.8 Å². The Hall–Kier alpha value is -0.780. The molecule has 0 aliphatic heterocycles. The summed E-state index contributed by atoms with van der Waals surface area (Å²) in [6.45, 7) is 2.17. The zero-order chi connectivity index (χ0) is 6.53. The topological polar surface area (TPSA) is 0 Å². The molecule has 1 aromatic carbocycles. The van der Waals surface area contributed by atoms with Gasteiger partial charge in [0.1, 0.15) is 0 Å². The molecule has 0 saturated heterocycles. The molecule has 0 nitrogen and oxygen atoms in total. The van der Waals surface area contributed by atoms with Crippen LogP contribution in [0.5, 0.6) is 0 Å². The highest BCUT2D eigenvalue weighted by atomic mass is 13.9. The van der Waals surface area contributed by atoms with Crippen molar-refractivity contribution >= 4 is 0 Å². The highest BCUT2D eigenvalue weighted by Gasteiger charge is 1.85.